The lowest BCUT2D eigenvalue weighted by Gasteiger charge is -2.17. The summed E-state index contributed by atoms with van der Waals surface area (Å²) >= 11 is 0. The fourth-order valence-electron chi connectivity index (χ4n) is 2.23. The van der Waals surface area contributed by atoms with Crippen molar-refractivity contribution in [2.45, 2.75) is 12.8 Å². The summed E-state index contributed by atoms with van der Waals surface area (Å²) in [4.78, 5) is 6.68. The van der Waals surface area contributed by atoms with Crippen LogP contribution in [0, 0.1) is 0 Å². The Morgan fingerprint density at radius 1 is 1.06 bits per heavy atom. The Morgan fingerprint density at radius 2 is 1.83 bits per heavy atom. The molecule has 1 aromatic carbocycles. The molecule has 18 heavy (non-hydrogen) atoms. The van der Waals surface area contributed by atoms with E-state index < -0.39 is 0 Å². The summed E-state index contributed by atoms with van der Waals surface area (Å²) in [5.74, 6) is 0.638. The minimum absolute atomic E-state index is 0.638. The molecule has 3 rings (SSSR count). The van der Waals surface area contributed by atoms with Gasteiger partial charge < -0.3 is 9.32 Å². The van der Waals surface area contributed by atoms with Crippen molar-refractivity contribution >= 4 is 17.8 Å². The van der Waals surface area contributed by atoms with Crippen molar-refractivity contribution < 1.29 is 4.42 Å². The van der Waals surface area contributed by atoms with E-state index in [0.29, 0.717) is 5.88 Å². The Kier molecular flexibility index (Phi) is 3.13. The Bertz CT molecular complexity index is 508. The highest BCUT2D eigenvalue weighted by Crippen LogP contribution is 2.20. The first-order valence-electron chi connectivity index (χ1n) is 6.34. The zero-order valence-electron chi connectivity index (χ0n) is 10.2. The van der Waals surface area contributed by atoms with E-state index in [1.165, 1.54) is 31.6 Å². The zero-order chi connectivity index (χ0) is 12.2. The molecule has 1 fully saturated rings. The van der Waals surface area contributed by atoms with E-state index in [-0.39, 0.29) is 0 Å². The molecule has 2 heterocycles. The molecule has 0 atom stereocenters. The summed E-state index contributed by atoms with van der Waals surface area (Å²) in [6, 6.07) is 12.2. The molecular weight excluding hydrogens is 224 g/mol. The van der Waals surface area contributed by atoms with Gasteiger partial charge in [0.05, 0.1) is 6.26 Å². The van der Waals surface area contributed by atoms with E-state index in [1.54, 1.807) is 6.26 Å². The first-order chi connectivity index (χ1) is 8.92. The fraction of sp³-hybridized carbons (Fsp3) is 0.267. The molecule has 2 aromatic rings. The normalized spacial score (nSPS) is 15.7. The Morgan fingerprint density at radius 3 is 2.50 bits per heavy atom. The standard InChI is InChI=1S/C15H16N2O/c1-2-10-17(9-1)14-7-5-13(6-8-14)12-16-15-4-3-11-18-15/h3-8,11-12H,1-2,9-10H2. The number of anilines is 1. The molecule has 1 aliphatic heterocycles. The average Bonchev–Trinajstić information content (AvgIpc) is 3.10. The minimum Gasteiger partial charge on any atom is -0.447 e. The largest absolute Gasteiger partial charge is 0.447 e. The van der Waals surface area contributed by atoms with Crippen LogP contribution in [0.4, 0.5) is 11.6 Å². The van der Waals surface area contributed by atoms with Gasteiger partial charge in [-0.05, 0) is 36.6 Å². The minimum atomic E-state index is 0.638. The van der Waals surface area contributed by atoms with Crippen molar-refractivity contribution in [1.82, 2.24) is 0 Å². The summed E-state index contributed by atoms with van der Waals surface area (Å²) in [5, 5.41) is 0. The third-order valence-corrected chi connectivity index (χ3v) is 3.21. The van der Waals surface area contributed by atoms with Gasteiger partial charge in [-0.2, -0.15) is 0 Å². The predicted octanol–water partition coefficient (Wildman–Crippen LogP) is 3.63. The molecular formula is C15H16N2O. The molecule has 92 valence electrons. The third kappa shape index (κ3) is 2.45. The molecule has 0 saturated carbocycles. The van der Waals surface area contributed by atoms with E-state index in [2.05, 4.69) is 34.2 Å². The molecule has 3 heteroatoms. The number of benzene rings is 1. The first-order valence-corrected chi connectivity index (χ1v) is 6.34. The molecule has 0 spiro atoms. The van der Waals surface area contributed by atoms with Gasteiger partial charge in [0.25, 0.3) is 0 Å². The van der Waals surface area contributed by atoms with Crippen LogP contribution in [0.1, 0.15) is 18.4 Å². The van der Waals surface area contributed by atoms with Crippen LogP contribution < -0.4 is 4.90 Å². The van der Waals surface area contributed by atoms with Crippen molar-refractivity contribution in [3.63, 3.8) is 0 Å². The van der Waals surface area contributed by atoms with Gasteiger partial charge in [0.2, 0.25) is 5.88 Å². The maximum atomic E-state index is 5.15. The molecule has 3 nitrogen and oxygen atoms in total. The number of hydrogen-bond donors (Lipinski definition) is 0. The van der Waals surface area contributed by atoms with Gasteiger partial charge in [-0.15, -0.1) is 0 Å². The van der Waals surface area contributed by atoms with E-state index in [9.17, 15) is 0 Å². The summed E-state index contributed by atoms with van der Waals surface area (Å²) in [7, 11) is 0. The molecule has 1 aliphatic rings. The fourth-order valence-corrected chi connectivity index (χ4v) is 2.23. The van der Waals surface area contributed by atoms with Gasteiger partial charge >= 0.3 is 0 Å². The highest BCUT2D eigenvalue weighted by Gasteiger charge is 2.11. The lowest BCUT2D eigenvalue weighted by molar-refractivity contribution is 0.578. The summed E-state index contributed by atoms with van der Waals surface area (Å²) in [6.45, 7) is 2.36. The Hall–Kier alpha value is -2.03. The lowest BCUT2D eigenvalue weighted by atomic mass is 10.2. The topological polar surface area (TPSA) is 28.7 Å². The molecule has 1 saturated heterocycles. The highest BCUT2D eigenvalue weighted by atomic mass is 16.3. The predicted molar refractivity (Wildman–Crippen MR) is 73.9 cm³/mol. The molecule has 0 amide bonds. The second-order valence-electron chi connectivity index (χ2n) is 4.50. The van der Waals surface area contributed by atoms with Crippen molar-refractivity contribution in [2.75, 3.05) is 18.0 Å². The third-order valence-electron chi connectivity index (χ3n) is 3.21. The maximum Gasteiger partial charge on any atom is 0.218 e. The molecule has 0 unspecified atom stereocenters. The molecule has 0 aliphatic carbocycles. The average molecular weight is 240 g/mol. The summed E-state index contributed by atoms with van der Waals surface area (Å²) in [5.41, 5.74) is 2.40. The number of hydrogen-bond acceptors (Lipinski definition) is 3. The number of furan rings is 1. The van der Waals surface area contributed by atoms with E-state index in [4.69, 9.17) is 4.42 Å². The maximum absolute atomic E-state index is 5.15. The molecule has 0 bridgehead atoms. The Balaban J connectivity index is 1.70. The first kappa shape index (κ1) is 11.1. The smallest absolute Gasteiger partial charge is 0.218 e. The number of rotatable bonds is 3. The Labute approximate surface area is 107 Å². The summed E-state index contributed by atoms with van der Waals surface area (Å²) in [6.07, 6.45) is 6.07. The second-order valence-corrected chi connectivity index (χ2v) is 4.50. The van der Waals surface area contributed by atoms with Crippen LogP contribution in [-0.4, -0.2) is 19.3 Å². The van der Waals surface area contributed by atoms with Crippen molar-refractivity contribution in [1.29, 1.82) is 0 Å². The van der Waals surface area contributed by atoms with Crippen LogP contribution >= 0.6 is 0 Å². The summed E-state index contributed by atoms with van der Waals surface area (Å²) < 4.78 is 5.15. The van der Waals surface area contributed by atoms with Crippen LogP contribution in [0.3, 0.4) is 0 Å². The van der Waals surface area contributed by atoms with Crippen LogP contribution in [-0.2, 0) is 0 Å². The SMILES string of the molecule is C(=Nc1ccco1)c1ccc(N2CCCC2)cc1. The van der Waals surface area contributed by atoms with Gasteiger partial charge in [0.15, 0.2) is 0 Å². The molecule has 1 aromatic heterocycles. The van der Waals surface area contributed by atoms with E-state index >= 15 is 0 Å². The van der Waals surface area contributed by atoms with Crippen LogP contribution in [0.15, 0.2) is 52.1 Å². The van der Waals surface area contributed by atoms with Gasteiger partial charge in [-0.1, -0.05) is 12.1 Å². The van der Waals surface area contributed by atoms with Crippen LogP contribution in [0.25, 0.3) is 0 Å². The van der Waals surface area contributed by atoms with Crippen molar-refractivity contribution in [3.05, 3.63) is 48.2 Å². The van der Waals surface area contributed by atoms with Gasteiger partial charge in [-0.3, -0.25) is 0 Å². The lowest BCUT2D eigenvalue weighted by Crippen LogP contribution is -2.17. The van der Waals surface area contributed by atoms with Crippen LogP contribution in [0.5, 0.6) is 0 Å². The van der Waals surface area contributed by atoms with Crippen LogP contribution in [0.2, 0.25) is 0 Å². The molecule has 0 N–H and O–H groups in total. The number of nitrogens with zero attached hydrogens (tertiary/aromatic N) is 2. The zero-order valence-corrected chi connectivity index (χ0v) is 10.2. The second kappa shape index (κ2) is 5.08. The number of aliphatic imine (C=N–C) groups is 1. The quantitative estimate of drug-likeness (QED) is 0.766. The van der Waals surface area contributed by atoms with Crippen molar-refractivity contribution in [3.8, 4) is 0 Å². The van der Waals surface area contributed by atoms with E-state index in [1.807, 2.05) is 18.3 Å². The van der Waals surface area contributed by atoms with Gasteiger partial charge in [0, 0.05) is 31.1 Å². The van der Waals surface area contributed by atoms with Gasteiger partial charge in [-0.25, -0.2) is 4.99 Å². The molecule has 0 radical (unpaired) electrons. The van der Waals surface area contributed by atoms with Gasteiger partial charge in [0.1, 0.15) is 0 Å². The van der Waals surface area contributed by atoms with Crippen molar-refractivity contribution in [2.24, 2.45) is 4.99 Å². The monoisotopic (exact) mass is 240 g/mol. The highest BCUT2D eigenvalue weighted by molar-refractivity contribution is 5.82. The van der Waals surface area contributed by atoms with E-state index in [0.717, 1.165) is 5.56 Å².